The second-order valence-electron chi connectivity index (χ2n) is 4.79. The van der Waals surface area contributed by atoms with Crippen LogP contribution in [0.1, 0.15) is 5.56 Å². The number of morpholine rings is 1. The van der Waals surface area contributed by atoms with E-state index < -0.39 is 10.0 Å². The number of nitriles is 2. The average molecular weight is 333 g/mol. The summed E-state index contributed by atoms with van der Waals surface area (Å²) in [5.41, 5.74) is 3.16. The first-order valence-corrected chi connectivity index (χ1v) is 8.25. The predicted molar refractivity (Wildman–Crippen MR) is 83.0 cm³/mol. The van der Waals surface area contributed by atoms with Crippen molar-refractivity contribution in [2.24, 2.45) is 5.10 Å². The number of sulfonamides is 1. The third kappa shape index (κ3) is 3.85. The van der Waals surface area contributed by atoms with E-state index in [9.17, 15) is 8.42 Å². The van der Waals surface area contributed by atoms with Gasteiger partial charge in [-0.15, -0.1) is 0 Å². The minimum Gasteiger partial charge on any atom is -0.379 e. The Morgan fingerprint density at radius 3 is 2.57 bits per heavy atom. The quantitative estimate of drug-likeness (QED) is 0.644. The summed E-state index contributed by atoms with van der Waals surface area (Å²) in [5.74, 6) is 0. The molecule has 1 N–H and O–H groups in total. The molecule has 0 bridgehead atoms. The topological polar surface area (TPSA) is 119 Å². The van der Waals surface area contributed by atoms with Gasteiger partial charge in [-0.25, -0.2) is 8.42 Å². The lowest BCUT2D eigenvalue weighted by Crippen LogP contribution is -2.40. The van der Waals surface area contributed by atoms with Gasteiger partial charge in [0.15, 0.2) is 0 Å². The van der Waals surface area contributed by atoms with Crippen LogP contribution >= 0.6 is 0 Å². The normalized spacial score (nSPS) is 15.3. The highest BCUT2D eigenvalue weighted by Gasteiger charge is 2.27. The van der Waals surface area contributed by atoms with E-state index in [4.69, 9.17) is 15.3 Å². The van der Waals surface area contributed by atoms with E-state index in [-0.39, 0.29) is 10.6 Å². The van der Waals surface area contributed by atoms with Crippen LogP contribution in [0.25, 0.3) is 0 Å². The maximum Gasteiger partial charge on any atom is 0.243 e. The monoisotopic (exact) mass is 333 g/mol. The molecule has 0 amide bonds. The van der Waals surface area contributed by atoms with Crippen LogP contribution in [0, 0.1) is 29.6 Å². The second-order valence-corrected chi connectivity index (χ2v) is 6.70. The van der Waals surface area contributed by atoms with Crippen molar-refractivity contribution >= 4 is 21.4 Å². The van der Waals surface area contributed by atoms with Gasteiger partial charge in [-0.3, -0.25) is 5.43 Å². The van der Waals surface area contributed by atoms with Crippen LogP contribution in [0.4, 0.5) is 5.69 Å². The lowest BCUT2D eigenvalue weighted by molar-refractivity contribution is 0.0730. The van der Waals surface area contributed by atoms with Crippen molar-refractivity contribution in [1.82, 2.24) is 4.31 Å². The van der Waals surface area contributed by atoms with Gasteiger partial charge in [-0.05, 0) is 24.6 Å². The van der Waals surface area contributed by atoms with Gasteiger partial charge in [0.25, 0.3) is 0 Å². The molecule has 23 heavy (non-hydrogen) atoms. The molecule has 0 aromatic heterocycles. The summed E-state index contributed by atoms with van der Waals surface area (Å²) in [4.78, 5) is 0.162. The number of anilines is 1. The Hall–Kier alpha value is -2.46. The lowest BCUT2D eigenvalue weighted by atomic mass is 10.2. The Balaban J connectivity index is 2.32. The van der Waals surface area contributed by atoms with E-state index in [1.807, 2.05) is 0 Å². The molecule has 1 fully saturated rings. The lowest BCUT2D eigenvalue weighted by Gasteiger charge is -2.26. The minimum absolute atomic E-state index is 0.162. The van der Waals surface area contributed by atoms with Crippen molar-refractivity contribution < 1.29 is 13.2 Å². The molecule has 120 valence electrons. The summed E-state index contributed by atoms with van der Waals surface area (Å²) in [6.07, 6.45) is 0. The molecular weight excluding hydrogens is 318 g/mol. The van der Waals surface area contributed by atoms with Gasteiger partial charge in [0.1, 0.15) is 12.1 Å². The zero-order chi connectivity index (χ0) is 16.9. The molecule has 1 aliphatic rings. The molecule has 1 heterocycles. The molecule has 2 rings (SSSR count). The number of rotatable bonds is 4. The Kier molecular flexibility index (Phi) is 5.29. The molecule has 1 aromatic carbocycles. The summed E-state index contributed by atoms with van der Waals surface area (Å²) < 4.78 is 32.0. The van der Waals surface area contributed by atoms with Crippen molar-refractivity contribution in [3.63, 3.8) is 0 Å². The number of hydrazone groups is 1. The Bertz CT molecular complexity index is 783. The molecule has 0 spiro atoms. The third-order valence-corrected chi connectivity index (χ3v) is 5.33. The van der Waals surface area contributed by atoms with Gasteiger partial charge in [0.05, 0.1) is 23.8 Å². The van der Waals surface area contributed by atoms with Gasteiger partial charge in [-0.1, -0.05) is 6.07 Å². The fourth-order valence-corrected chi connectivity index (χ4v) is 3.73. The molecule has 1 aromatic rings. The molecule has 9 heteroatoms. The Morgan fingerprint density at radius 2 is 1.96 bits per heavy atom. The van der Waals surface area contributed by atoms with Gasteiger partial charge in [0.2, 0.25) is 15.7 Å². The molecule has 1 saturated heterocycles. The number of ether oxygens (including phenoxy) is 1. The number of nitrogens with zero attached hydrogens (tertiary/aromatic N) is 4. The number of benzene rings is 1. The number of hydrogen-bond donors (Lipinski definition) is 1. The van der Waals surface area contributed by atoms with Crippen molar-refractivity contribution in [2.75, 3.05) is 31.7 Å². The first-order chi connectivity index (χ1) is 11.0. The van der Waals surface area contributed by atoms with Crippen LogP contribution in [-0.2, 0) is 14.8 Å². The summed E-state index contributed by atoms with van der Waals surface area (Å²) in [6.45, 7) is 3.06. The van der Waals surface area contributed by atoms with Crippen molar-refractivity contribution in [1.29, 1.82) is 10.5 Å². The first kappa shape index (κ1) is 16.9. The summed E-state index contributed by atoms with van der Waals surface area (Å²) in [6, 6.07) is 7.94. The van der Waals surface area contributed by atoms with E-state index >= 15 is 0 Å². The van der Waals surface area contributed by atoms with E-state index in [2.05, 4.69) is 10.5 Å². The van der Waals surface area contributed by atoms with E-state index in [0.717, 1.165) is 0 Å². The van der Waals surface area contributed by atoms with Gasteiger partial charge in [0, 0.05) is 13.1 Å². The molecule has 0 unspecified atom stereocenters. The van der Waals surface area contributed by atoms with Crippen LogP contribution in [-0.4, -0.2) is 44.7 Å². The predicted octanol–water partition coefficient (Wildman–Crippen LogP) is 0.831. The van der Waals surface area contributed by atoms with Crippen molar-refractivity contribution in [2.45, 2.75) is 11.8 Å². The Morgan fingerprint density at radius 1 is 1.30 bits per heavy atom. The standard InChI is InChI=1S/C14H15N5O3S/c1-11-2-3-12(17-18-13(9-15)10-16)8-14(11)23(20,21)19-4-6-22-7-5-19/h2-3,8,17H,4-7H2,1H3. The molecule has 8 nitrogen and oxygen atoms in total. The minimum atomic E-state index is -3.63. The van der Waals surface area contributed by atoms with Crippen LogP contribution in [0.2, 0.25) is 0 Å². The fourth-order valence-electron chi connectivity index (χ4n) is 2.07. The molecule has 0 aliphatic carbocycles. The zero-order valence-corrected chi connectivity index (χ0v) is 13.3. The SMILES string of the molecule is Cc1ccc(NN=C(C#N)C#N)cc1S(=O)(=O)N1CCOCC1. The highest BCUT2D eigenvalue weighted by Crippen LogP contribution is 2.24. The van der Waals surface area contributed by atoms with Crippen LogP contribution < -0.4 is 5.43 Å². The van der Waals surface area contributed by atoms with Crippen LogP contribution in [0.15, 0.2) is 28.2 Å². The number of hydrogen-bond acceptors (Lipinski definition) is 7. The molecule has 1 aliphatic heterocycles. The second kappa shape index (κ2) is 7.20. The highest BCUT2D eigenvalue weighted by atomic mass is 32.2. The highest BCUT2D eigenvalue weighted by molar-refractivity contribution is 7.89. The summed E-state index contributed by atoms with van der Waals surface area (Å²) in [5, 5.41) is 20.9. The van der Waals surface area contributed by atoms with Crippen LogP contribution in [0.3, 0.4) is 0 Å². The molecule has 0 atom stereocenters. The molecular formula is C14H15N5O3S. The van der Waals surface area contributed by atoms with Crippen LogP contribution in [0.5, 0.6) is 0 Å². The maximum atomic E-state index is 12.7. The smallest absolute Gasteiger partial charge is 0.243 e. The maximum absolute atomic E-state index is 12.7. The summed E-state index contributed by atoms with van der Waals surface area (Å²) in [7, 11) is -3.63. The van der Waals surface area contributed by atoms with E-state index in [1.54, 1.807) is 31.2 Å². The number of nitrogens with one attached hydrogen (secondary N) is 1. The third-order valence-electron chi connectivity index (χ3n) is 3.28. The first-order valence-electron chi connectivity index (χ1n) is 6.81. The van der Waals surface area contributed by atoms with E-state index in [1.165, 1.54) is 10.4 Å². The molecule has 0 saturated carbocycles. The molecule has 0 radical (unpaired) electrons. The fraction of sp³-hybridized carbons (Fsp3) is 0.357. The number of aryl methyl sites for hydroxylation is 1. The summed E-state index contributed by atoms with van der Waals surface area (Å²) >= 11 is 0. The average Bonchev–Trinajstić information content (AvgIpc) is 2.57. The largest absolute Gasteiger partial charge is 0.379 e. The van der Waals surface area contributed by atoms with Gasteiger partial charge < -0.3 is 4.74 Å². The van der Waals surface area contributed by atoms with Gasteiger partial charge in [-0.2, -0.15) is 19.9 Å². The zero-order valence-electron chi connectivity index (χ0n) is 12.5. The van der Waals surface area contributed by atoms with Crippen molar-refractivity contribution in [3.05, 3.63) is 23.8 Å². The van der Waals surface area contributed by atoms with Gasteiger partial charge >= 0.3 is 0 Å². The van der Waals surface area contributed by atoms with Crippen molar-refractivity contribution in [3.8, 4) is 12.1 Å². The van der Waals surface area contributed by atoms with E-state index in [0.29, 0.717) is 37.6 Å². The Labute approximate surface area is 134 Å².